The van der Waals surface area contributed by atoms with Gasteiger partial charge < -0.3 is 10.3 Å². The van der Waals surface area contributed by atoms with Gasteiger partial charge in [-0.25, -0.2) is 8.42 Å². The van der Waals surface area contributed by atoms with Gasteiger partial charge in [-0.1, -0.05) is 12.1 Å². The second kappa shape index (κ2) is 4.98. The molecule has 1 fully saturated rings. The van der Waals surface area contributed by atoms with E-state index in [2.05, 4.69) is 22.4 Å². The highest BCUT2D eigenvalue weighted by Gasteiger charge is 2.30. The molecule has 1 aromatic heterocycles. The van der Waals surface area contributed by atoms with Gasteiger partial charge in [0, 0.05) is 30.2 Å². The van der Waals surface area contributed by atoms with Crippen LogP contribution in [0.4, 0.5) is 0 Å². The molecule has 2 N–H and O–H groups in total. The molecular weight excluding hydrogens is 260 g/mol. The lowest BCUT2D eigenvalue weighted by atomic mass is 10.1. The van der Waals surface area contributed by atoms with Crippen molar-refractivity contribution in [3.05, 3.63) is 36.0 Å². The van der Waals surface area contributed by atoms with Crippen LogP contribution in [-0.4, -0.2) is 30.9 Å². The Labute approximate surface area is 113 Å². The molecule has 2 aromatic rings. The maximum absolute atomic E-state index is 11.7. The van der Waals surface area contributed by atoms with Gasteiger partial charge in [0.05, 0.1) is 11.0 Å². The molecule has 1 atom stereocenters. The molecule has 0 saturated carbocycles. The minimum Gasteiger partial charge on any atom is -0.361 e. The highest BCUT2D eigenvalue weighted by Crippen LogP contribution is 2.20. The quantitative estimate of drug-likeness (QED) is 0.897. The summed E-state index contributed by atoms with van der Waals surface area (Å²) in [4.78, 5) is 3.18. The van der Waals surface area contributed by atoms with Gasteiger partial charge in [0.1, 0.15) is 0 Å². The van der Waals surface area contributed by atoms with Crippen molar-refractivity contribution < 1.29 is 8.42 Å². The topological polar surface area (TPSA) is 62.0 Å². The van der Waals surface area contributed by atoms with Crippen LogP contribution in [0.3, 0.4) is 0 Å². The minimum atomic E-state index is -2.84. The van der Waals surface area contributed by atoms with Crippen LogP contribution in [0.1, 0.15) is 18.4 Å². The van der Waals surface area contributed by atoms with E-state index in [9.17, 15) is 8.42 Å². The largest absolute Gasteiger partial charge is 0.361 e. The Morgan fingerprint density at radius 1 is 1.32 bits per heavy atom. The van der Waals surface area contributed by atoms with Crippen molar-refractivity contribution in [1.82, 2.24) is 10.3 Å². The average molecular weight is 278 g/mol. The highest BCUT2D eigenvalue weighted by atomic mass is 32.2. The fourth-order valence-corrected chi connectivity index (χ4v) is 4.56. The third kappa shape index (κ3) is 2.53. The maximum Gasteiger partial charge on any atom is 0.154 e. The van der Waals surface area contributed by atoms with Crippen LogP contribution >= 0.6 is 0 Å². The van der Waals surface area contributed by atoms with Crippen LogP contribution in [0.5, 0.6) is 0 Å². The number of hydrogen-bond acceptors (Lipinski definition) is 3. The number of aromatic amines is 1. The zero-order chi connectivity index (χ0) is 13.3. The number of benzene rings is 1. The van der Waals surface area contributed by atoms with E-state index < -0.39 is 9.84 Å². The third-order valence-electron chi connectivity index (χ3n) is 3.84. The fraction of sp³-hybridized carbons (Fsp3) is 0.429. The summed E-state index contributed by atoms with van der Waals surface area (Å²) in [6, 6.07) is 8.19. The molecule has 0 radical (unpaired) electrons. The monoisotopic (exact) mass is 278 g/mol. The molecule has 1 saturated heterocycles. The Morgan fingerprint density at radius 2 is 2.21 bits per heavy atom. The van der Waals surface area contributed by atoms with Crippen LogP contribution in [0, 0.1) is 0 Å². The van der Waals surface area contributed by atoms with E-state index in [0.717, 1.165) is 18.4 Å². The normalized spacial score (nSPS) is 22.0. The second-order valence-electron chi connectivity index (χ2n) is 5.12. The zero-order valence-corrected chi connectivity index (χ0v) is 11.5. The Bertz CT molecular complexity index is 676. The van der Waals surface area contributed by atoms with Gasteiger partial charge in [-0.15, -0.1) is 0 Å². The van der Waals surface area contributed by atoms with E-state index in [1.165, 1.54) is 10.9 Å². The molecule has 0 bridgehead atoms. The van der Waals surface area contributed by atoms with Crippen molar-refractivity contribution in [1.29, 1.82) is 0 Å². The summed E-state index contributed by atoms with van der Waals surface area (Å²) in [5, 5.41) is 4.29. The summed E-state index contributed by atoms with van der Waals surface area (Å²) in [7, 11) is -2.84. The predicted octanol–water partition coefficient (Wildman–Crippen LogP) is 1.83. The fourth-order valence-electron chi connectivity index (χ4n) is 2.76. The summed E-state index contributed by atoms with van der Waals surface area (Å²) >= 11 is 0. The molecule has 5 heteroatoms. The van der Waals surface area contributed by atoms with E-state index in [0.29, 0.717) is 18.8 Å². The lowest BCUT2D eigenvalue weighted by molar-refractivity contribution is 0.574. The number of hydrogen-bond donors (Lipinski definition) is 2. The SMILES string of the molecule is O=S1(=O)CCC[C@@H]1CNCc1cccc2[nH]ccc12. The van der Waals surface area contributed by atoms with Gasteiger partial charge in [-0.2, -0.15) is 0 Å². The maximum atomic E-state index is 11.7. The van der Waals surface area contributed by atoms with E-state index in [4.69, 9.17) is 0 Å². The molecule has 0 aliphatic carbocycles. The van der Waals surface area contributed by atoms with Gasteiger partial charge in [0.2, 0.25) is 0 Å². The Morgan fingerprint density at radius 3 is 3.00 bits per heavy atom. The lowest BCUT2D eigenvalue weighted by Gasteiger charge is -2.11. The number of sulfone groups is 1. The Balaban J connectivity index is 1.65. The molecule has 1 aromatic carbocycles. The first-order valence-corrected chi connectivity index (χ1v) is 8.35. The van der Waals surface area contributed by atoms with E-state index in [-0.39, 0.29) is 5.25 Å². The number of rotatable bonds is 4. The van der Waals surface area contributed by atoms with Crippen molar-refractivity contribution in [3.63, 3.8) is 0 Å². The Kier molecular flexibility index (Phi) is 3.33. The number of nitrogens with one attached hydrogen (secondary N) is 2. The summed E-state index contributed by atoms with van der Waals surface area (Å²) in [6.45, 7) is 1.27. The summed E-state index contributed by atoms with van der Waals surface area (Å²) in [5.74, 6) is 0.354. The first-order chi connectivity index (χ1) is 9.17. The van der Waals surface area contributed by atoms with Crippen molar-refractivity contribution in [2.24, 2.45) is 0 Å². The first kappa shape index (κ1) is 12.7. The summed E-state index contributed by atoms with van der Waals surface area (Å²) in [6.07, 6.45) is 3.53. The third-order valence-corrected chi connectivity index (χ3v) is 6.11. The molecule has 1 aliphatic heterocycles. The van der Waals surface area contributed by atoms with E-state index >= 15 is 0 Å². The van der Waals surface area contributed by atoms with Gasteiger partial charge in [-0.05, 0) is 30.5 Å². The smallest absolute Gasteiger partial charge is 0.154 e. The first-order valence-electron chi connectivity index (χ1n) is 6.64. The van der Waals surface area contributed by atoms with Crippen molar-refractivity contribution in [3.8, 4) is 0 Å². The number of H-pyrrole nitrogens is 1. The summed E-state index contributed by atoms with van der Waals surface area (Å²) in [5.41, 5.74) is 2.32. The van der Waals surface area contributed by atoms with Gasteiger partial charge in [-0.3, -0.25) is 0 Å². The molecule has 0 amide bonds. The molecule has 2 heterocycles. The van der Waals surface area contributed by atoms with Gasteiger partial charge >= 0.3 is 0 Å². The van der Waals surface area contributed by atoms with Crippen molar-refractivity contribution >= 4 is 20.7 Å². The average Bonchev–Trinajstić information content (AvgIpc) is 2.96. The van der Waals surface area contributed by atoms with Crippen molar-refractivity contribution in [2.45, 2.75) is 24.6 Å². The molecular formula is C14H18N2O2S. The van der Waals surface area contributed by atoms with E-state index in [1.807, 2.05) is 18.3 Å². The molecule has 1 aliphatic rings. The highest BCUT2D eigenvalue weighted by molar-refractivity contribution is 7.92. The standard InChI is InChI=1S/C14H18N2O2S/c17-19(18)8-2-4-12(19)10-15-9-11-3-1-5-14-13(11)6-7-16-14/h1,3,5-7,12,15-16H,2,4,8-10H2/t12-/m1/s1. The number of fused-ring (bicyclic) bond motifs is 1. The molecule has 0 spiro atoms. The summed E-state index contributed by atoms with van der Waals surface area (Å²) < 4.78 is 23.5. The van der Waals surface area contributed by atoms with Crippen LogP contribution in [-0.2, 0) is 16.4 Å². The predicted molar refractivity (Wildman–Crippen MR) is 76.8 cm³/mol. The van der Waals surface area contributed by atoms with Crippen LogP contribution in [0.15, 0.2) is 30.5 Å². The van der Waals surface area contributed by atoms with Gasteiger partial charge in [0.25, 0.3) is 0 Å². The lowest BCUT2D eigenvalue weighted by Crippen LogP contribution is -2.30. The van der Waals surface area contributed by atoms with Crippen molar-refractivity contribution in [2.75, 3.05) is 12.3 Å². The van der Waals surface area contributed by atoms with Crippen LogP contribution in [0.25, 0.3) is 10.9 Å². The van der Waals surface area contributed by atoms with Gasteiger partial charge in [0.15, 0.2) is 9.84 Å². The van der Waals surface area contributed by atoms with Crippen LogP contribution < -0.4 is 5.32 Å². The number of aromatic nitrogens is 1. The second-order valence-corrected chi connectivity index (χ2v) is 7.52. The zero-order valence-electron chi connectivity index (χ0n) is 10.7. The minimum absolute atomic E-state index is 0.196. The van der Waals surface area contributed by atoms with Crippen LogP contribution in [0.2, 0.25) is 0 Å². The molecule has 0 unspecified atom stereocenters. The Hall–Kier alpha value is -1.33. The molecule has 3 rings (SSSR count). The van der Waals surface area contributed by atoms with E-state index in [1.54, 1.807) is 0 Å². The molecule has 19 heavy (non-hydrogen) atoms. The molecule has 102 valence electrons. The molecule has 4 nitrogen and oxygen atoms in total.